The quantitative estimate of drug-likeness (QED) is 0.771. The van der Waals surface area contributed by atoms with Gasteiger partial charge in [0, 0.05) is 11.9 Å². The fourth-order valence-electron chi connectivity index (χ4n) is 3.06. The van der Waals surface area contributed by atoms with E-state index in [2.05, 4.69) is 32.1 Å². The number of anilines is 1. The normalized spacial score (nSPS) is 17.4. The molecule has 1 aliphatic rings. The summed E-state index contributed by atoms with van der Waals surface area (Å²) in [6.45, 7) is 2.56. The van der Waals surface area contributed by atoms with Crippen molar-refractivity contribution in [2.75, 3.05) is 11.9 Å². The summed E-state index contributed by atoms with van der Waals surface area (Å²) in [7, 11) is 1.83. The van der Waals surface area contributed by atoms with E-state index in [4.69, 9.17) is 4.74 Å². The largest absolute Gasteiger partial charge is 0.372 e. The number of aromatic amines is 1. The van der Waals surface area contributed by atoms with Gasteiger partial charge in [-0.1, -0.05) is 0 Å². The van der Waals surface area contributed by atoms with Gasteiger partial charge in [0.2, 0.25) is 5.91 Å². The number of nitrogens with one attached hydrogen (secondary N) is 2. The average molecular weight is 331 g/mol. The summed E-state index contributed by atoms with van der Waals surface area (Å²) in [5.41, 5.74) is 2.86. The molecule has 0 spiro atoms. The maximum absolute atomic E-state index is 12.4. The van der Waals surface area contributed by atoms with Gasteiger partial charge in [-0.2, -0.15) is 10.2 Å². The van der Waals surface area contributed by atoms with Crippen LogP contribution in [0.5, 0.6) is 0 Å². The summed E-state index contributed by atoms with van der Waals surface area (Å²) in [5, 5.41) is 17.2. The number of hydrogen-bond acceptors (Lipinski definition) is 5. The lowest BCUT2D eigenvalue weighted by molar-refractivity contribution is -0.119. The molecule has 8 heteroatoms. The smallest absolute Gasteiger partial charge is 0.228 e. The molecule has 1 amide bonds. The van der Waals surface area contributed by atoms with Crippen molar-refractivity contribution in [3.05, 3.63) is 27.6 Å². The Morgan fingerprint density at radius 2 is 2.48 bits per heavy atom. The topological polar surface area (TPSA) is 84.8 Å². The highest BCUT2D eigenvalue weighted by Gasteiger charge is 2.25. The van der Waals surface area contributed by atoms with Crippen LogP contribution < -0.4 is 5.32 Å². The third-order valence-corrected chi connectivity index (χ3v) is 5.17. The molecule has 1 aliphatic heterocycles. The molecule has 0 radical (unpaired) electrons. The van der Waals surface area contributed by atoms with E-state index in [-0.39, 0.29) is 12.0 Å². The lowest BCUT2D eigenvalue weighted by Gasteiger charge is -2.22. The number of carbonyl (C=O) groups excluding carboxylic acids is 1. The van der Waals surface area contributed by atoms with Gasteiger partial charge in [0.15, 0.2) is 5.65 Å². The summed E-state index contributed by atoms with van der Waals surface area (Å²) in [4.78, 5) is 13.6. The second-order valence-corrected chi connectivity index (χ2v) is 6.63. The maximum atomic E-state index is 12.4. The van der Waals surface area contributed by atoms with Gasteiger partial charge in [-0.15, -0.1) is 11.3 Å². The SMILES string of the molecule is Cc1nn(C)c2n[nH]c(NC(=O)CC3OCCc4ccsc43)c12. The van der Waals surface area contributed by atoms with Gasteiger partial charge in [-0.3, -0.25) is 9.89 Å². The summed E-state index contributed by atoms with van der Waals surface area (Å²) < 4.78 is 7.47. The van der Waals surface area contributed by atoms with E-state index in [1.807, 2.05) is 14.0 Å². The number of fused-ring (bicyclic) bond motifs is 2. The van der Waals surface area contributed by atoms with Crippen LogP contribution in [0.15, 0.2) is 11.4 Å². The van der Waals surface area contributed by atoms with E-state index in [9.17, 15) is 4.79 Å². The number of aryl methyl sites for hydroxylation is 2. The van der Waals surface area contributed by atoms with Crippen LogP contribution >= 0.6 is 11.3 Å². The molecule has 120 valence electrons. The van der Waals surface area contributed by atoms with E-state index in [1.165, 1.54) is 10.4 Å². The molecule has 0 saturated carbocycles. The van der Waals surface area contributed by atoms with Crippen LogP contribution in [0.25, 0.3) is 11.0 Å². The Bertz CT molecular complexity index is 878. The average Bonchev–Trinajstić information content (AvgIpc) is 3.19. The maximum Gasteiger partial charge on any atom is 0.228 e. The molecule has 0 fully saturated rings. The number of thiophene rings is 1. The van der Waals surface area contributed by atoms with Crippen LogP contribution in [-0.2, 0) is 23.0 Å². The number of amides is 1. The zero-order chi connectivity index (χ0) is 16.0. The van der Waals surface area contributed by atoms with Crippen LogP contribution in [-0.4, -0.2) is 32.5 Å². The third-order valence-electron chi connectivity index (χ3n) is 4.11. The van der Waals surface area contributed by atoms with Crippen molar-refractivity contribution in [1.29, 1.82) is 0 Å². The highest BCUT2D eigenvalue weighted by Crippen LogP contribution is 2.34. The Labute approximate surface area is 136 Å². The molecule has 2 N–H and O–H groups in total. The monoisotopic (exact) mass is 331 g/mol. The zero-order valence-corrected chi connectivity index (χ0v) is 13.7. The number of hydrogen-bond donors (Lipinski definition) is 2. The van der Waals surface area contributed by atoms with E-state index >= 15 is 0 Å². The number of aromatic nitrogens is 4. The van der Waals surface area contributed by atoms with E-state index in [0.717, 1.165) is 23.1 Å². The Morgan fingerprint density at radius 1 is 1.61 bits per heavy atom. The Kier molecular flexibility index (Phi) is 3.42. The van der Waals surface area contributed by atoms with Crippen LogP contribution in [0.4, 0.5) is 5.82 Å². The summed E-state index contributed by atoms with van der Waals surface area (Å²) >= 11 is 1.65. The van der Waals surface area contributed by atoms with Gasteiger partial charge in [-0.05, 0) is 30.4 Å². The molecule has 0 bridgehead atoms. The van der Waals surface area contributed by atoms with Gasteiger partial charge in [0.05, 0.1) is 24.1 Å². The first-order valence-corrected chi connectivity index (χ1v) is 8.37. The van der Waals surface area contributed by atoms with Crippen molar-refractivity contribution >= 4 is 34.1 Å². The fraction of sp³-hybridized carbons (Fsp3) is 0.400. The van der Waals surface area contributed by atoms with Crippen LogP contribution in [0, 0.1) is 6.92 Å². The standard InChI is InChI=1S/C15H17N5O2S/c1-8-12-14(17-18-15(12)20(2)19-8)16-11(21)7-10-13-9(3-5-22-10)4-6-23-13/h4,6,10H,3,5,7H2,1-2H3,(H2,16,17,18,21). The first-order valence-electron chi connectivity index (χ1n) is 7.49. The highest BCUT2D eigenvalue weighted by molar-refractivity contribution is 7.10. The third kappa shape index (κ3) is 2.43. The van der Waals surface area contributed by atoms with Gasteiger partial charge < -0.3 is 10.1 Å². The molecule has 0 aliphatic carbocycles. The fourth-order valence-corrected chi connectivity index (χ4v) is 4.06. The molecule has 4 heterocycles. The molecule has 23 heavy (non-hydrogen) atoms. The number of H-pyrrole nitrogens is 1. The molecular weight excluding hydrogens is 314 g/mol. The molecule has 3 aromatic heterocycles. The summed E-state index contributed by atoms with van der Waals surface area (Å²) in [6, 6.07) is 2.12. The van der Waals surface area contributed by atoms with Crippen LogP contribution in [0.2, 0.25) is 0 Å². The Balaban J connectivity index is 1.52. The first-order chi connectivity index (χ1) is 11.1. The number of rotatable bonds is 3. The van der Waals surface area contributed by atoms with Crippen LogP contribution in [0.3, 0.4) is 0 Å². The number of carbonyl (C=O) groups is 1. The van der Waals surface area contributed by atoms with E-state index in [0.29, 0.717) is 18.8 Å². The predicted octanol–water partition coefficient (Wildman–Crippen LogP) is 2.31. The van der Waals surface area contributed by atoms with Crippen molar-refractivity contribution < 1.29 is 9.53 Å². The van der Waals surface area contributed by atoms with Crippen molar-refractivity contribution in [2.24, 2.45) is 7.05 Å². The summed E-state index contributed by atoms with van der Waals surface area (Å²) in [5.74, 6) is 0.503. The lowest BCUT2D eigenvalue weighted by Crippen LogP contribution is -2.21. The summed E-state index contributed by atoms with van der Waals surface area (Å²) in [6.07, 6.45) is 1.06. The minimum atomic E-state index is -0.160. The molecule has 1 unspecified atom stereocenters. The second kappa shape index (κ2) is 5.47. The van der Waals surface area contributed by atoms with Crippen molar-refractivity contribution in [2.45, 2.75) is 25.9 Å². The molecule has 0 saturated heterocycles. The Hall–Kier alpha value is -2.19. The molecule has 3 aromatic rings. The number of ether oxygens (including phenoxy) is 1. The van der Waals surface area contributed by atoms with Crippen LogP contribution in [0.1, 0.15) is 28.7 Å². The zero-order valence-electron chi connectivity index (χ0n) is 12.9. The predicted molar refractivity (Wildman–Crippen MR) is 87.6 cm³/mol. The van der Waals surface area contributed by atoms with Gasteiger partial charge in [0.1, 0.15) is 11.9 Å². The minimum Gasteiger partial charge on any atom is -0.372 e. The number of nitrogens with zero attached hydrogens (tertiary/aromatic N) is 3. The minimum absolute atomic E-state index is 0.0925. The second-order valence-electron chi connectivity index (χ2n) is 5.68. The van der Waals surface area contributed by atoms with Gasteiger partial charge in [0.25, 0.3) is 0 Å². The van der Waals surface area contributed by atoms with Gasteiger partial charge >= 0.3 is 0 Å². The van der Waals surface area contributed by atoms with Crippen molar-refractivity contribution in [1.82, 2.24) is 20.0 Å². The molecule has 7 nitrogen and oxygen atoms in total. The van der Waals surface area contributed by atoms with E-state index in [1.54, 1.807) is 16.0 Å². The van der Waals surface area contributed by atoms with E-state index < -0.39 is 0 Å². The first kappa shape index (κ1) is 14.4. The lowest BCUT2D eigenvalue weighted by atomic mass is 10.1. The highest BCUT2D eigenvalue weighted by atomic mass is 32.1. The Morgan fingerprint density at radius 3 is 3.35 bits per heavy atom. The molecule has 4 rings (SSSR count). The molecule has 1 atom stereocenters. The van der Waals surface area contributed by atoms with Crippen molar-refractivity contribution in [3.8, 4) is 0 Å². The molecular formula is C15H17N5O2S. The van der Waals surface area contributed by atoms with Gasteiger partial charge in [-0.25, -0.2) is 4.68 Å². The molecule has 0 aromatic carbocycles. The van der Waals surface area contributed by atoms with Crippen molar-refractivity contribution in [3.63, 3.8) is 0 Å².